The number of pyridine rings is 1. The summed E-state index contributed by atoms with van der Waals surface area (Å²) in [5.41, 5.74) is 11.8. The monoisotopic (exact) mass is 443 g/mol. The molecule has 1 saturated heterocycles. The lowest BCUT2D eigenvalue weighted by atomic mass is 9.97. The number of benzene rings is 2. The third-order valence-electron chi connectivity index (χ3n) is 6.04. The number of hydrogen-bond donors (Lipinski definition) is 1. The van der Waals surface area contributed by atoms with Crippen LogP contribution in [0.4, 0.5) is 0 Å². The fourth-order valence-corrected chi connectivity index (χ4v) is 4.22. The van der Waals surface area contributed by atoms with Gasteiger partial charge in [0.15, 0.2) is 0 Å². The summed E-state index contributed by atoms with van der Waals surface area (Å²) < 4.78 is 5.35. The summed E-state index contributed by atoms with van der Waals surface area (Å²) in [6.45, 7) is 4.39. The van der Waals surface area contributed by atoms with Crippen molar-refractivity contribution >= 4 is 11.8 Å². The summed E-state index contributed by atoms with van der Waals surface area (Å²) in [6, 6.07) is 18.1. The highest BCUT2D eigenvalue weighted by atomic mass is 16.5. The second-order valence-corrected chi connectivity index (χ2v) is 8.41. The predicted octanol–water partition coefficient (Wildman–Crippen LogP) is 3.34. The predicted molar refractivity (Wildman–Crippen MR) is 127 cm³/mol. The average molecular weight is 444 g/mol. The molecule has 0 atom stereocenters. The Morgan fingerprint density at radius 1 is 0.970 bits per heavy atom. The van der Waals surface area contributed by atoms with Crippen LogP contribution in [-0.2, 0) is 24.0 Å². The molecule has 6 heteroatoms. The number of nitrogens with two attached hydrogens (primary N) is 1. The van der Waals surface area contributed by atoms with Crippen LogP contribution in [0.5, 0.6) is 0 Å². The van der Waals surface area contributed by atoms with Gasteiger partial charge in [-0.3, -0.25) is 14.6 Å². The molecule has 3 aromatic rings. The fraction of sp³-hybridized carbons (Fsp3) is 0.296. The standard InChI is InChI=1S/C27H29N3O3/c1-19-15-21(8-10-24(19)27(32)30-11-13-33-14-12-30)16-23-17-22(25(18-29-23)26(28)31)9-7-20-5-3-2-4-6-20/h2-6,8,10,15,17-18H,7,9,11-14,16H2,1H3,(H2,28,31). The second kappa shape index (κ2) is 10.4. The minimum Gasteiger partial charge on any atom is -0.378 e. The number of aryl methyl sites for hydroxylation is 3. The molecule has 1 aromatic heterocycles. The Morgan fingerprint density at radius 2 is 1.73 bits per heavy atom. The highest BCUT2D eigenvalue weighted by Crippen LogP contribution is 2.19. The molecule has 0 spiro atoms. The summed E-state index contributed by atoms with van der Waals surface area (Å²) in [5, 5.41) is 0. The number of carbonyl (C=O) groups is 2. The van der Waals surface area contributed by atoms with Gasteiger partial charge in [-0.25, -0.2) is 0 Å². The van der Waals surface area contributed by atoms with Crippen LogP contribution < -0.4 is 5.73 Å². The normalized spacial score (nSPS) is 13.7. The van der Waals surface area contributed by atoms with Crippen molar-refractivity contribution in [3.8, 4) is 0 Å². The van der Waals surface area contributed by atoms with E-state index in [0.29, 0.717) is 44.7 Å². The Morgan fingerprint density at radius 3 is 2.42 bits per heavy atom. The number of aromatic nitrogens is 1. The first-order valence-electron chi connectivity index (χ1n) is 11.3. The zero-order chi connectivity index (χ0) is 23.2. The Bertz CT molecular complexity index is 1140. The summed E-state index contributed by atoms with van der Waals surface area (Å²) >= 11 is 0. The summed E-state index contributed by atoms with van der Waals surface area (Å²) in [4.78, 5) is 31.1. The molecule has 1 fully saturated rings. The van der Waals surface area contributed by atoms with Gasteiger partial charge in [-0.05, 0) is 54.2 Å². The fourth-order valence-electron chi connectivity index (χ4n) is 4.22. The average Bonchev–Trinajstić information content (AvgIpc) is 2.83. The number of primary amides is 1. The quantitative estimate of drug-likeness (QED) is 0.607. The lowest BCUT2D eigenvalue weighted by molar-refractivity contribution is 0.0302. The number of rotatable bonds is 7. The van der Waals surface area contributed by atoms with Gasteiger partial charge in [0.2, 0.25) is 0 Å². The topological polar surface area (TPSA) is 85.5 Å². The molecule has 2 heterocycles. The first kappa shape index (κ1) is 22.7. The molecule has 2 aromatic carbocycles. The molecule has 0 bridgehead atoms. The maximum Gasteiger partial charge on any atom is 0.254 e. The van der Waals surface area contributed by atoms with E-state index in [9.17, 15) is 9.59 Å². The van der Waals surface area contributed by atoms with E-state index in [-0.39, 0.29) is 5.91 Å². The van der Waals surface area contributed by atoms with Gasteiger partial charge in [0.05, 0.1) is 18.8 Å². The van der Waals surface area contributed by atoms with Crippen molar-refractivity contribution in [2.75, 3.05) is 26.3 Å². The highest BCUT2D eigenvalue weighted by Gasteiger charge is 2.20. The molecule has 170 valence electrons. The van der Waals surface area contributed by atoms with Crippen LogP contribution in [0, 0.1) is 6.92 Å². The lowest BCUT2D eigenvalue weighted by Gasteiger charge is -2.27. The number of hydrogen-bond acceptors (Lipinski definition) is 4. The Kier molecular flexibility index (Phi) is 7.15. The SMILES string of the molecule is Cc1cc(Cc2cc(CCc3ccccc3)c(C(N)=O)cn2)ccc1C(=O)N1CCOCC1. The van der Waals surface area contributed by atoms with E-state index < -0.39 is 5.91 Å². The maximum absolute atomic E-state index is 12.8. The molecule has 2 amide bonds. The van der Waals surface area contributed by atoms with E-state index >= 15 is 0 Å². The summed E-state index contributed by atoms with van der Waals surface area (Å²) in [6.07, 6.45) is 3.73. The number of ether oxygens (including phenoxy) is 1. The molecule has 2 N–H and O–H groups in total. The van der Waals surface area contributed by atoms with Crippen molar-refractivity contribution in [1.82, 2.24) is 9.88 Å². The Labute approximate surface area is 194 Å². The van der Waals surface area contributed by atoms with Crippen molar-refractivity contribution in [2.24, 2.45) is 5.73 Å². The lowest BCUT2D eigenvalue weighted by Crippen LogP contribution is -2.40. The van der Waals surface area contributed by atoms with Gasteiger partial charge >= 0.3 is 0 Å². The van der Waals surface area contributed by atoms with Crippen LogP contribution in [0.15, 0.2) is 60.8 Å². The second-order valence-electron chi connectivity index (χ2n) is 8.41. The molecule has 4 rings (SSSR count). The van der Waals surface area contributed by atoms with Gasteiger partial charge in [0.1, 0.15) is 0 Å². The van der Waals surface area contributed by atoms with E-state index in [0.717, 1.165) is 34.4 Å². The third kappa shape index (κ3) is 5.65. The number of nitrogens with zero attached hydrogens (tertiary/aromatic N) is 2. The van der Waals surface area contributed by atoms with Crippen molar-refractivity contribution in [3.63, 3.8) is 0 Å². The molecule has 0 unspecified atom stereocenters. The first-order chi connectivity index (χ1) is 16.0. The zero-order valence-electron chi connectivity index (χ0n) is 18.9. The van der Waals surface area contributed by atoms with Gasteiger partial charge in [0, 0.05) is 37.0 Å². The molecule has 0 radical (unpaired) electrons. The van der Waals surface area contributed by atoms with Gasteiger partial charge in [-0.2, -0.15) is 0 Å². The maximum atomic E-state index is 12.8. The molecule has 0 saturated carbocycles. The largest absolute Gasteiger partial charge is 0.378 e. The van der Waals surface area contributed by atoms with Gasteiger partial charge in [0.25, 0.3) is 11.8 Å². The minimum absolute atomic E-state index is 0.0504. The van der Waals surface area contributed by atoms with Crippen molar-refractivity contribution in [2.45, 2.75) is 26.2 Å². The van der Waals surface area contributed by atoms with E-state index in [1.165, 1.54) is 5.56 Å². The van der Waals surface area contributed by atoms with E-state index in [2.05, 4.69) is 17.1 Å². The molecular formula is C27H29N3O3. The van der Waals surface area contributed by atoms with Crippen LogP contribution in [0.25, 0.3) is 0 Å². The molecule has 1 aliphatic rings. The zero-order valence-corrected chi connectivity index (χ0v) is 18.9. The first-order valence-corrected chi connectivity index (χ1v) is 11.3. The van der Waals surface area contributed by atoms with Crippen molar-refractivity contribution < 1.29 is 14.3 Å². The molecule has 33 heavy (non-hydrogen) atoms. The third-order valence-corrected chi connectivity index (χ3v) is 6.04. The molecule has 6 nitrogen and oxygen atoms in total. The Hall–Kier alpha value is -3.51. The molecule has 1 aliphatic heterocycles. The van der Waals surface area contributed by atoms with E-state index in [4.69, 9.17) is 10.5 Å². The van der Waals surface area contributed by atoms with Gasteiger partial charge < -0.3 is 15.4 Å². The van der Waals surface area contributed by atoms with Crippen LogP contribution in [0.2, 0.25) is 0 Å². The van der Waals surface area contributed by atoms with Crippen LogP contribution >= 0.6 is 0 Å². The molecule has 0 aliphatic carbocycles. The minimum atomic E-state index is -0.459. The van der Waals surface area contributed by atoms with Crippen LogP contribution in [-0.4, -0.2) is 48.0 Å². The van der Waals surface area contributed by atoms with Crippen LogP contribution in [0.3, 0.4) is 0 Å². The molecular weight excluding hydrogens is 414 g/mol. The number of carbonyl (C=O) groups excluding carboxylic acids is 2. The Balaban J connectivity index is 1.50. The van der Waals surface area contributed by atoms with Gasteiger partial charge in [-0.15, -0.1) is 0 Å². The van der Waals surface area contributed by atoms with Crippen LogP contribution in [0.1, 0.15) is 48.7 Å². The summed E-state index contributed by atoms with van der Waals surface area (Å²) in [5.74, 6) is -0.409. The van der Waals surface area contributed by atoms with E-state index in [1.54, 1.807) is 6.20 Å². The number of amides is 2. The van der Waals surface area contributed by atoms with Crippen molar-refractivity contribution in [1.29, 1.82) is 0 Å². The smallest absolute Gasteiger partial charge is 0.254 e. The highest BCUT2D eigenvalue weighted by molar-refractivity contribution is 5.96. The van der Waals surface area contributed by atoms with E-state index in [1.807, 2.05) is 54.3 Å². The summed E-state index contributed by atoms with van der Waals surface area (Å²) in [7, 11) is 0. The number of morpholine rings is 1. The van der Waals surface area contributed by atoms with Crippen molar-refractivity contribution in [3.05, 3.63) is 99.9 Å². The van der Waals surface area contributed by atoms with Gasteiger partial charge in [-0.1, -0.05) is 42.5 Å².